The monoisotopic (exact) mass is 337 g/mol. The molecule has 0 saturated carbocycles. The van der Waals surface area contributed by atoms with Crippen LogP contribution in [0.15, 0.2) is 48.8 Å². The second-order valence-electron chi connectivity index (χ2n) is 6.67. The molecule has 4 rings (SSSR count). The van der Waals surface area contributed by atoms with Gasteiger partial charge in [-0.1, -0.05) is 18.2 Å². The summed E-state index contributed by atoms with van der Waals surface area (Å²) in [5.41, 5.74) is 2.28. The summed E-state index contributed by atoms with van der Waals surface area (Å²) in [6.07, 6.45) is 5.24. The number of fused-ring (bicyclic) bond motifs is 1. The molecule has 3 heterocycles. The van der Waals surface area contributed by atoms with Crippen molar-refractivity contribution in [3.05, 3.63) is 54.4 Å². The van der Waals surface area contributed by atoms with E-state index >= 15 is 0 Å². The smallest absolute Gasteiger partial charge is 0.226 e. The Morgan fingerprint density at radius 2 is 1.92 bits per heavy atom. The molecule has 0 bridgehead atoms. The van der Waals surface area contributed by atoms with Gasteiger partial charge in [-0.15, -0.1) is 0 Å². The molecular formula is C20H23N3O2. The maximum atomic E-state index is 13.0. The van der Waals surface area contributed by atoms with Crippen molar-refractivity contribution in [1.29, 1.82) is 0 Å². The minimum atomic E-state index is 0.0218. The molecule has 1 atom stereocenters. The number of aromatic nitrogens is 1. The van der Waals surface area contributed by atoms with Gasteiger partial charge in [-0.3, -0.25) is 9.78 Å². The van der Waals surface area contributed by atoms with Crippen LogP contribution in [0.1, 0.15) is 12.0 Å². The molecule has 0 unspecified atom stereocenters. The number of carbonyl (C=O) groups excluding carboxylic acids is 1. The summed E-state index contributed by atoms with van der Waals surface area (Å²) >= 11 is 0. The van der Waals surface area contributed by atoms with E-state index in [2.05, 4.69) is 22.0 Å². The number of hydrogen-bond acceptors (Lipinski definition) is 4. The summed E-state index contributed by atoms with van der Waals surface area (Å²) in [5.74, 6) is 1.22. The molecule has 0 aliphatic carbocycles. The molecule has 5 nitrogen and oxygen atoms in total. The standard InChI is InChI=1S/C20H23N3O2/c24-20(17-7-13-25-19-6-2-1-4-16(19)14-17)23-11-9-22(10-12-23)18-5-3-8-21-15-18/h1-6,8,15,17H,7,9-14H2/t17-/m0/s1. The molecule has 0 radical (unpaired) electrons. The van der Waals surface area contributed by atoms with E-state index in [4.69, 9.17) is 4.74 Å². The molecule has 2 aliphatic rings. The Balaban J connectivity index is 1.39. The van der Waals surface area contributed by atoms with Crippen molar-refractivity contribution in [1.82, 2.24) is 9.88 Å². The predicted molar refractivity (Wildman–Crippen MR) is 96.8 cm³/mol. The number of benzene rings is 1. The molecule has 1 fully saturated rings. The van der Waals surface area contributed by atoms with E-state index in [1.54, 1.807) is 6.20 Å². The summed E-state index contributed by atoms with van der Waals surface area (Å²) in [7, 11) is 0. The van der Waals surface area contributed by atoms with Crippen LogP contribution in [0.4, 0.5) is 5.69 Å². The maximum absolute atomic E-state index is 13.0. The number of ether oxygens (including phenoxy) is 1. The van der Waals surface area contributed by atoms with Gasteiger partial charge in [0.1, 0.15) is 5.75 Å². The third-order valence-corrected chi connectivity index (χ3v) is 5.11. The van der Waals surface area contributed by atoms with Gasteiger partial charge in [0.15, 0.2) is 0 Å². The number of piperazine rings is 1. The van der Waals surface area contributed by atoms with Gasteiger partial charge in [-0.05, 0) is 36.6 Å². The summed E-state index contributed by atoms with van der Waals surface area (Å²) in [4.78, 5) is 21.5. The molecule has 0 spiro atoms. The summed E-state index contributed by atoms with van der Waals surface area (Å²) < 4.78 is 5.81. The SMILES string of the molecule is O=C([C@H]1CCOc2ccccc2C1)N1CCN(c2cccnc2)CC1. The highest BCUT2D eigenvalue weighted by Crippen LogP contribution is 2.28. The molecule has 2 aromatic rings. The van der Waals surface area contributed by atoms with Crippen LogP contribution in [0, 0.1) is 5.92 Å². The number of hydrogen-bond donors (Lipinski definition) is 0. The van der Waals surface area contributed by atoms with Crippen LogP contribution in [-0.4, -0.2) is 48.6 Å². The molecule has 0 N–H and O–H groups in total. The Kier molecular flexibility index (Phi) is 4.55. The topological polar surface area (TPSA) is 45.7 Å². The number of amides is 1. The van der Waals surface area contributed by atoms with Crippen molar-refractivity contribution in [2.45, 2.75) is 12.8 Å². The number of para-hydroxylation sites is 1. The minimum Gasteiger partial charge on any atom is -0.493 e. The molecule has 2 aliphatic heterocycles. The van der Waals surface area contributed by atoms with Crippen LogP contribution in [0.5, 0.6) is 5.75 Å². The van der Waals surface area contributed by atoms with E-state index in [0.717, 1.165) is 56.0 Å². The Morgan fingerprint density at radius 1 is 1.08 bits per heavy atom. The molecule has 1 amide bonds. The average Bonchev–Trinajstić information content (AvgIpc) is 2.91. The van der Waals surface area contributed by atoms with Gasteiger partial charge < -0.3 is 14.5 Å². The van der Waals surface area contributed by atoms with Crippen molar-refractivity contribution in [2.75, 3.05) is 37.7 Å². The van der Waals surface area contributed by atoms with Gasteiger partial charge in [-0.25, -0.2) is 0 Å². The zero-order chi connectivity index (χ0) is 17.1. The quantitative estimate of drug-likeness (QED) is 0.844. The highest BCUT2D eigenvalue weighted by molar-refractivity contribution is 5.79. The van der Waals surface area contributed by atoms with E-state index in [9.17, 15) is 4.79 Å². The average molecular weight is 337 g/mol. The van der Waals surface area contributed by atoms with Crippen molar-refractivity contribution < 1.29 is 9.53 Å². The zero-order valence-electron chi connectivity index (χ0n) is 14.3. The van der Waals surface area contributed by atoms with Gasteiger partial charge in [-0.2, -0.15) is 0 Å². The zero-order valence-corrected chi connectivity index (χ0v) is 14.3. The first-order valence-electron chi connectivity index (χ1n) is 8.96. The Morgan fingerprint density at radius 3 is 2.72 bits per heavy atom. The largest absolute Gasteiger partial charge is 0.493 e. The van der Waals surface area contributed by atoms with Gasteiger partial charge in [0.2, 0.25) is 5.91 Å². The molecule has 1 aromatic heterocycles. The van der Waals surface area contributed by atoms with Crippen molar-refractivity contribution in [2.24, 2.45) is 5.92 Å². The number of carbonyl (C=O) groups is 1. The third kappa shape index (κ3) is 3.45. The molecule has 1 aromatic carbocycles. The second-order valence-corrected chi connectivity index (χ2v) is 6.67. The number of rotatable bonds is 2. The minimum absolute atomic E-state index is 0.0218. The fourth-order valence-electron chi connectivity index (χ4n) is 3.69. The Labute approximate surface area is 148 Å². The summed E-state index contributed by atoms with van der Waals surface area (Å²) in [6, 6.07) is 12.1. The summed E-state index contributed by atoms with van der Waals surface area (Å²) in [5, 5.41) is 0. The summed E-state index contributed by atoms with van der Waals surface area (Å²) in [6.45, 7) is 3.87. The predicted octanol–water partition coefficient (Wildman–Crippen LogP) is 2.37. The molecule has 5 heteroatoms. The lowest BCUT2D eigenvalue weighted by Crippen LogP contribution is -2.50. The van der Waals surface area contributed by atoms with E-state index in [1.165, 1.54) is 0 Å². The van der Waals surface area contributed by atoms with Crippen LogP contribution in [0.3, 0.4) is 0 Å². The lowest BCUT2D eigenvalue weighted by Gasteiger charge is -2.37. The Hall–Kier alpha value is -2.56. The molecule has 130 valence electrons. The van der Waals surface area contributed by atoms with E-state index in [-0.39, 0.29) is 11.8 Å². The lowest BCUT2D eigenvalue weighted by atomic mass is 9.95. The first-order valence-corrected chi connectivity index (χ1v) is 8.96. The molecule has 1 saturated heterocycles. The van der Waals surface area contributed by atoms with Crippen LogP contribution in [-0.2, 0) is 11.2 Å². The lowest BCUT2D eigenvalue weighted by molar-refractivity contribution is -0.136. The van der Waals surface area contributed by atoms with Gasteiger partial charge in [0, 0.05) is 38.3 Å². The molecule has 25 heavy (non-hydrogen) atoms. The maximum Gasteiger partial charge on any atom is 0.226 e. The van der Waals surface area contributed by atoms with Gasteiger partial charge in [0.05, 0.1) is 18.5 Å². The fourth-order valence-corrected chi connectivity index (χ4v) is 3.69. The van der Waals surface area contributed by atoms with E-state index in [1.807, 2.05) is 35.4 Å². The number of anilines is 1. The highest BCUT2D eigenvalue weighted by atomic mass is 16.5. The fraction of sp³-hybridized carbons (Fsp3) is 0.400. The highest BCUT2D eigenvalue weighted by Gasteiger charge is 2.29. The van der Waals surface area contributed by atoms with Crippen molar-refractivity contribution in [3.8, 4) is 5.75 Å². The van der Waals surface area contributed by atoms with Gasteiger partial charge >= 0.3 is 0 Å². The first kappa shape index (κ1) is 15.9. The van der Waals surface area contributed by atoms with Crippen LogP contribution >= 0.6 is 0 Å². The normalized spacial score (nSPS) is 20.4. The first-order chi connectivity index (χ1) is 12.3. The Bertz CT molecular complexity index is 727. The van der Waals surface area contributed by atoms with Crippen molar-refractivity contribution >= 4 is 11.6 Å². The van der Waals surface area contributed by atoms with E-state index in [0.29, 0.717) is 6.61 Å². The van der Waals surface area contributed by atoms with Crippen LogP contribution in [0.2, 0.25) is 0 Å². The number of pyridine rings is 1. The third-order valence-electron chi connectivity index (χ3n) is 5.11. The number of nitrogens with zero attached hydrogens (tertiary/aromatic N) is 3. The second kappa shape index (κ2) is 7.13. The van der Waals surface area contributed by atoms with Crippen molar-refractivity contribution in [3.63, 3.8) is 0 Å². The van der Waals surface area contributed by atoms with Crippen LogP contribution in [0.25, 0.3) is 0 Å². The van der Waals surface area contributed by atoms with Crippen LogP contribution < -0.4 is 9.64 Å². The van der Waals surface area contributed by atoms with E-state index < -0.39 is 0 Å². The molecular weight excluding hydrogens is 314 g/mol. The van der Waals surface area contributed by atoms with Gasteiger partial charge in [0.25, 0.3) is 0 Å².